The molecule has 0 atom stereocenters. The predicted octanol–water partition coefficient (Wildman–Crippen LogP) is 2.47. The summed E-state index contributed by atoms with van der Waals surface area (Å²) in [5.41, 5.74) is 8.79. The van der Waals surface area contributed by atoms with Gasteiger partial charge in [0.05, 0.1) is 11.4 Å². The molecular weight excluding hydrogens is 218 g/mol. The number of hydrogen-bond donors (Lipinski definition) is 1. The molecule has 1 aliphatic carbocycles. The Morgan fingerprint density at radius 1 is 1.50 bits per heavy atom. The third kappa shape index (κ3) is 1.14. The topological polar surface area (TPSA) is 43.3 Å². The van der Waals surface area contributed by atoms with Gasteiger partial charge in [0.2, 0.25) is 0 Å². The Hall–Kier alpha value is -0.870. The molecule has 2 aromatic heterocycles. The van der Waals surface area contributed by atoms with Crippen LogP contribution in [0.2, 0.25) is 0 Å². The fourth-order valence-corrected chi connectivity index (χ4v) is 3.54. The number of fused-ring (bicyclic) bond motifs is 1. The van der Waals surface area contributed by atoms with Gasteiger partial charge in [-0.3, -0.25) is 4.40 Å². The van der Waals surface area contributed by atoms with Crippen molar-refractivity contribution in [3.05, 3.63) is 23.0 Å². The summed E-state index contributed by atoms with van der Waals surface area (Å²) in [5, 5.41) is 2.09. The van der Waals surface area contributed by atoms with E-state index in [9.17, 15) is 0 Å². The first kappa shape index (κ1) is 10.3. The zero-order chi connectivity index (χ0) is 11.6. The molecule has 2 aromatic rings. The average molecular weight is 235 g/mol. The Labute approximate surface area is 99.3 Å². The molecule has 0 spiro atoms. The largest absolute Gasteiger partial charge is 0.325 e. The SMILES string of the molecule is Cc1nc2sccn2c1C1(C(C)(C)N)CC1. The highest BCUT2D eigenvalue weighted by atomic mass is 32.1. The summed E-state index contributed by atoms with van der Waals surface area (Å²) in [5.74, 6) is 0. The lowest BCUT2D eigenvalue weighted by atomic mass is 9.81. The molecule has 0 saturated heterocycles. The van der Waals surface area contributed by atoms with E-state index in [4.69, 9.17) is 5.73 Å². The maximum Gasteiger partial charge on any atom is 0.194 e. The van der Waals surface area contributed by atoms with E-state index in [1.54, 1.807) is 11.3 Å². The smallest absolute Gasteiger partial charge is 0.194 e. The van der Waals surface area contributed by atoms with Crippen LogP contribution in [0, 0.1) is 6.92 Å². The van der Waals surface area contributed by atoms with Crippen molar-refractivity contribution in [2.24, 2.45) is 5.73 Å². The summed E-state index contributed by atoms with van der Waals surface area (Å²) in [6.45, 7) is 6.36. The van der Waals surface area contributed by atoms with Gasteiger partial charge in [0.25, 0.3) is 0 Å². The zero-order valence-electron chi connectivity index (χ0n) is 9.95. The van der Waals surface area contributed by atoms with Crippen molar-refractivity contribution in [2.75, 3.05) is 0 Å². The summed E-state index contributed by atoms with van der Waals surface area (Å²) in [6, 6.07) is 0. The standard InChI is InChI=1S/C12H17N3S/c1-8-9(12(4-5-12)11(2,3)13)15-6-7-16-10(15)14-8/h6-7H,4-5,13H2,1-3H3. The Bertz CT molecular complexity index is 540. The lowest BCUT2D eigenvalue weighted by Crippen LogP contribution is -2.46. The van der Waals surface area contributed by atoms with Crippen LogP contribution in [0.25, 0.3) is 4.96 Å². The summed E-state index contributed by atoms with van der Waals surface area (Å²) in [7, 11) is 0. The van der Waals surface area contributed by atoms with Crippen LogP contribution in [0.15, 0.2) is 11.6 Å². The fourth-order valence-electron chi connectivity index (χ4n) is 2.78. The van der Waals surface area contributed by atoms with Crippen molar-refractivity contribution in [1.82, 2.24) is 9.38 Å². The second-order valence-electron chi connectivity index (χ2n) is 5.41. The van der Waals surface area contributed by atoms with Crippen LogP contribution in [0.5, 0.6) is 0 Å². The van der Waals surface area contributed by atoms with E-state index in [1.807, 2.05) is 0 Å². The van der Waals surface area contributed by atoms with Crippen molar-refractivity contribution >= 4 is 16.3 Å². The predicted molar refractivity (Wildman–Crippen MR) is 67.0 cm³/mol. The monoisotopic (exact) mass is 235 g/mol. The maximum atomic E-state index is 6.36. The lowest BCUT2D eigenvalue weighted by molar-refractivity contribution is 0.381. The van der Waals surface area contributed by atoms with Crippen molar-refractivity contribution in [3.63, 3.8) is 0 Å². The van der Waals surface area contributed by atoms with E-state index in [-0.39, 0.29) is 11.0 Å². The highest BCUT2D eigenvalue weighted by molar-refractivity contribution is 7.15. The first-order valence-electron chi connectivity index (χ1n) is 5.67. The molecule has 0 bridgehead atoms. The number of thiazole rings is 1. The molecular formula is C12H17N3S. The third-order valence-electron chi connectivity index (χ3n) is 3.87. The Morgan fingerprint density at radius 2 is 2.19 bits per heavy atom. The summed E-state index contributed by atoms with van der Waals surface area (Å²) in [4.78, 5) is 5.70. The highest BCUT2D eigenvalue weighted by Gasteiger charge is 2.56. The van der Waals surface area contributed by atoms with Gasteiger partial charge in [-0.2, -0.15) is 0 Å². The Kier molecular flexibility index (Phi) is 1.85. The fraction of sp³-hybridized carbons (Fsp3) is 0.583. The first-order chi connectivity index (χ1) is 7.46. The maximum absolute atomic E-state index is 6.36. The number of aromatic nitrogens is 2. The number of nitrogens with two attached hydrogens (primary N) is 1. The molecule has 2 heterocycles. The minimum absolute atomic E-state index is 0.136. The second kappa shape index (κ2) is 2.87. The number of imidazole rings is 1. The van der Waals surface area contributed by atoms with E-state index >= 15 is 0 Å². The van der Waals surface area contributed by atoms with Crippen LogP contribution < -0.4 is 5.73 Å². The number of hydrogen-bond acceptors (Lipinski definition) is 3. The average Bonchev–Trinajstić information content (AvgIpc) is 2.74. The molecule has 1 fully saturated rings. The third-order valence-corrected chi connectivity index (χ3v) is 4.63. The van der Waals surface area contributed by atoms with Gasteiger partial charge in [-0.05, 0) is 33.6 Å². The first-order valence-corrected chi connectivity index (χ1v) is 6.55. The Morgan fingerprint density at radius 3 is 2.75 bits per heavy atom. The van der Waals surface area contributed by atoms with Crippen molar-refractivity contribution in [1.29, 1.82) is 0 Å². The van der Waals surface area contributed by atoms with Crippen molar-refractivity contribution in [3.8, 4) is 0 Å². The quantitative estimate of drug-likeness (QED) is 0.869. The van der Waals surface area contributed by atoms with Crippen molar-refractivity contribution in [2.45, 2.75) is 44.6 Å². The molecule has 3 rings (SSSR count). The molecule has 1 aliphatic rings. The zero-order valence-corrected chi connectivity index (χ0v) is 10.8. The van der Waals surface area contributed by atoms with E-state index < -0.39 is 0 Å². The van der Waals surface area contributed by atoms with Gasteiger partial charge in [0.15, 0.2) is 4.96 Å². The summed E-state index contributed by atoms with van der Waals surface area (Å²) in [6.07, 6.45) is 4.48. The lowest BCUT2D eigenvalue weighted by Gasteiger charge is -2.31. The van der Waals surface area contributed by atoms with E-state index in [0.29, 0.717) is 0 Å². The molecule has 4 heteroatoms. The van der Waals surface area contributed by atoms with Crippen LogP contribution >= 0.6 is 11.3 Å². The normalized spacial score (nSPS) is 19.2. The molecule has 0 radical (unpaired) electrons. The van der Waals surface area contributed by atoms with E-state index in [0.717, 1.165) is 10.7 Å². The number of nitrogens with zero attached hydrogens (tertiary/aromatic N) is 2. The number of aryl methyl sites for hydroxylation is 1. The molecule has 1 saturated carbocycles. The van der Waals surface area contributed by atoms with Gasteiger partial charge in [0.1, 0.15) is 0 Å². The van der Waals surface area contributed by atoms with Crippen LogP contribution in [0.3, 0.4) is 0 Å². The summed E-state index contributed by atoms with van der Waals surface area (Å²) < 4.78 is 2.22. The van der Waals surface area contributed by atoms with Crippen LogP contribution in [-0.4, -0.2) is 14.9 Å². The Balaban J connectivity index is 2.26. The van der Waals surface area contributed by atoms with Gasteiger partial charge < -0.3 is 5.73 Å². The van der Waals surface area contributed by atoms with Crippen LogP contribution in [0.4, 0.5) is 0 Å². The van der Waals surface area contributed by atoms with E-state index in [2.05, 4.69) is 41.7 Å². The van der Waals surface area contributed by atoms with Gasteiger partial charge in [-0.15, -0.1) is 11.3 Å². The second-order valence-corrected chi connectivity index (χ2v) is 6.28. The molecule has 16 heavy (non-hydrogen) atoms. The molecule has 0 amide bonds. The molecule has 2 N–H and O–H groups in total. The van der Waals surface area contributed by atoms with Gasteiger partial charge in [0, 0.05) is 22.5 Å². The number of rotatable bonds is 2. The minimum atomic E-state index is -0.171. The van der Waals surface area contributed by atoms with Crippen LogP contribution in [-0.2, 0) is 5.41 Å². The molecule has 3 nitrogen and oxygen atoms in total. The van der Waals surface area contributed by atoms with Gasteiger partial charge >= 0.3 is 0 Å². The molecule has 0 aliphatic heterocycles. The van der Waals surface area contributed by atoms with Gasteiger partial charge in [-0.1, -0.05) is 0 Å². The minimum Gasteiger partial charge on any atom is -0.325 e. The van der Waals surface area contributed by atoms with Gasteiger partial charge in [-0.25, -0.2) is 4.98 Å². The summed E-state index contributed by atoms with van der Waals surface area (Å²) >= 11 is 1.69. The molecule has 0 aromatic carbocycles. The van der Waals surface area contributed by atoms with Crippen molar-refractivity contribution < 1.29 is 0 Å². The van der Waals surface area contributed by atoms with E-state index in [1.165, 1.54) is 18.5 Å². The molecule has 86 valence electrons. The molecule has 0 unspecified atom stereocenters. The highest BCUT2D eigenvalue weighted by Crippen LogP contribution is 2.55. The van der Waals surface area contributed by atoms with Crippen LogP contribution in [0.1, 0.15) is 38.1 Å².